The first-order valence-corrected chi connectivity index (χ1v) is 5.80. The summed E-state index contributed by atoms with van der Waals surface area (Å²) in [5.74, 6) is -2.49. The highest BCUT2D eigenvalue weighted by Crippen LogP contribution is 2.42. The number of benzene rings is 1. The maximum atomic E-state index is 13.3. The highest BCUT2D eigenvalue weighted by Gasteiger charge is 2.37. The van der Waals surface area contributed by atoms with Crippen LogP contribution >= 0.6 is 11.8 Å². The van der Waals surface area contributed by atoms with E-state index < -0.39 is 23.5 Å². The molecule has 1 aliphatic carbocycles. The predicted octanol–water partition coefficient (Wildman–Crippen LogP) is 2.92. The third kappa shape index (κ3) is 2.19. The molecule has 5 heteroatoms. The van der Waals surface area contributed by atoms with E-state index in [4.69, 9.17) is 5.11 Å². The lowest BCUT2D eigenvalue weighted by Gasteiger charge is -2.32. The lowest BCUT2D eigenvalue weighted by molar-refractivity contribution is -0.144. The maximum Gasteiger partial charge on any atom is 0.307 e. The molecule has 1 aromatic rings. The highest BCUT2D eigenvalue weighted by molar-refractivity contribution is 8.00. The van der Waals surface area contributed by atoms with E-state index in [1.165, 1.54) is 23.9 Å². The smallest absolute Gasteiger partial charge is 0.307 e. The van der Waals surface area contributed by atoms with E-state index >= 15 is 0 Å². The Morgan fingerprint density at radius 2 is 2.12 bits per heavy atom. The van der Waals surface area contributed by atoms with Gasteiger partial charge in [-0.2, -0.15) is 0 Å². The van der Waals surface area contributed by atoms with Crippen molar-refractivity contribution in [2.75, 3.05) is 0 Å². The zero-order valence-electron chi connectivity index (χ0n) is 8.32. The average Bonchev–Trinajstić information content (AvgIpc) is 2.13. The number of halogens is 2. The van der Waals surface area contributed by atoms with Crippen molar-refractivity contribution < 1.29 is 18.7 Å². The summed E-state index contributed by atoms with van der Waals surface area (Å²) in [7, 11) is 0. The van der Waals surface area contributed by atoms with Gasteiger partial charge in [0.1, 0.15) is 11.6 Å². The van der Waals surface area contributed by atoms with Gasteiger partial charge in [0.25, 0.3) is 0 Å². The standard InChI is InChI=1S/C11H10F2O2S/c12-6-1-3-10(8(13)5-6)16-9-4-2-7(9)11(14)15/h1,3,5,7,9H,2,4H2,(H,14,15). The van der Waals surface area contributed by atoms with Crippen LogP contribution in [0.1, 0.15) is 12.8 Å². The Morgan fingerprint density at radius 3 is 2.62 bits per heavy atom. The van der Waals surface area contributed by atoms with E-state index in [1.54, 1.807) is 0 Å². The number of hydrogen-bond donors (Lipinski definition) is 1. The van der Waals surface area contributed by atoms with Crippen molar-refractivity contribution in [3.63, 3.8) is 0 Å². The van der Waals surface area contributed by atoms with Crippen molar-refractivity contribution in [1.82, 2.24) is 0 Å². The Hall–Kier alpha value is -1.10. The van der Waals surface area contributed by atoms with Crippen LogP contribution in [0, 0.1) is 17.6 Å². The van der Waals surface area contributed by atoms with Crippen molar-refractivity contribution >= 4 is 17.7 Å². The lowest BCUT2D eigenvalue weighted by Crippen LogP contribution is -2.35. The Balaban J connectivity index is 2.07. The fourth-order valence-electron chi connectivity index (χ4n) is 1.63. The summed E-state index contributed by atoms with van der Waals surface area (Å²) in [5, 5.41) is 8.73. The van der Waals surface area contributed by atoms with Crippen LogP contribution in [0.25, 0.3) is 0 Å². The van der Waals surface area contributed by atoms with Gasteiger partial charge < -0.3 is 5.11 Å². The van der Waals surface area contributed by atoms with Crippen molar-refractivity contribution in [2.45, 2.75) is 23.0 Å². The first-order valence-electron chi connectivity index (χ1n) is 4.92. The molecule has 0 spiro atoms. The zero-order valence-corrected chi connectivity index (χ0v) is 9.14. The van der Waals surface area contributed by atoms with Gasteiger partial charge >= 0.3 is 5.97 Å². The van der Waals surface area contributed by atoms with Gasteiger partial charge in [-0.3, -0.25) is 4.79 Å². The zero-order chi connectivity index (χ0) is 11.7. The van der Waals surface area contributed by atoms with Gasteiger partial charge in [0, 0.05) is 16.2 Å². The minimum atomic E-state index is -0.841. The molecule has 0 bridgehead atoms. The van der Waals surface area contributed by atoms with Gasteiger partial charge in [-0.25, -0.2) is 8.78 Å². The minimum Gasteiger partial charge on any atom is -0.481 e. The number of carbonyl (C=O) groups is 1. The fourth-order valence-corrected chi connectivity index (χ4v) is 2.94. The molecule has 2 unspecified atom stereocenters. The molecule has 1 aliphatic rings. The Labute approximate surface area is 95.7 Å². The molecule has 2 nitrogen and oxygen atoms in total. The van der Waals surface area contributed by atoms with Crippen LogP contribution in [0.5, 0.6) is 0 Å². The highest BCUT2D eigenvalue weighted by atomic mass is 32.2. The van der Waals surface area contributed by atoms with Gasteiger partial charge in [-0.15, -0.1) is 11.8 Å². The minimum absolute atomic E-state index is 0.0996. The summed E-state index contributed by atoms with van der Waals surface area (Å²) < 4.78 is 25.9. The fraction of sp³-hybridized carbons (Fsp3) is 0.364. The molecule has 0 saturated heterocycles. The second-order valence-electron chi connectivity index (χ2n) is 3.75. The molecule has 0 amide bonds. The van der Waals surface area contributed by atoms with Crippen LogP contribution in [0.4, 0.5) is 8.78 Å². The number of carboxylic acids is 1. The van der Waals surface area contributed by atoms with Crippen LogP contribution in [-0.4, -0.2) is 16.3 Å². The van der Waals surface area contributed by atoms with Crippen molar-refractivity contribution in [2.24, 2.45) is 5.92 Å². The van der Waals surface area contributed by atoms with Gasteiger partial charge in [0.05, 0.1) is 5.92 Å². The molecule has 16 heavy (non-hydrogen) atoms. The first kappa shape index (κ1) is 11.4. The van der Waals surface area contributed by atoms with Crippen LogP contribution in [0.15, 0.2) is 23.1 Å². The first-order chi connectivity index (χ1) is 7.58. The largest absolute Gasteiger partial charge is 0.481 e. The van der Waals surface area contributed by atoms with E-state index in [1.807, 2.05) is 0 Å². The summed E-state index contributed by atoms with van der Waals surface area (Å²) in [6, 6.07) is 3.35. The summed E-state index contributed by atoms with van der Waals surface area (Å²) in [6.07, 6.45) is 1.40. The van der Waals surface area contributed by atoms with E-state index in [9.17, 15) is 13.6 Å². The number of carboxylic acid groups (broad SMARTS) is 1. The van der Waals surface area contributed by atoms with Crippen LogP contribution in [0.2, 0.25) is 0 Å². The van der Waals surface area contributed by atoms with Gasteiger partial charge in [-0.05, 0) is 25.0 Å². The summed E-state index contributed by atoms with van der Waals surface area (Å²) in [5.41, 5.74) is 0. The Kier molecular flexibility index (Phi) is 3.14. The van der Waals surface area contributed by atoms with E-state index in [-0.39, 0.29) is 5.25 Å². The number of rotatable bonds is 3. The van der Waals surface area contributed by atoms with Gasteiger partial charge in [0.15, 0.2) is 0 Å². The van der Waals surface area contributed by atoms with E-state index in [0.29, 0.717) is 11.3 Å². The SMILES string of the molecule is O=C(O)C1CCC1Sc1ccc(F)cc1F. The number of hydrogen-bond acceptors (Lipinski definition) is 2. The molecule has 0 radical (unpaired) electrons. The Bertz CT molecular complexity index is 422. The topological polar surface area (TPSA) is 37.3 Å². The third-order valence-corrected chi connectivity index (χ3v) is 4.15. The summed E-state index contributed by atoms with van der Waals surface area (Å²) in [6.45, 7) is 0. The molecular weight excluding hydrogens is 234 g/mol. The molecular formula is C11H10F2O2S. The molecule has 1 N–H and O–H groups in total. The third-order valence-electron chi connectivity index (χ3n) is 2.70. The lowest BCUT2D eigenvalue weighted by atomic mass is 9.85. The van der Waals surface area contributed by atoms with Gasteiger partial charge in [0.2, 0.25) is 0 Å². The number of aliphatic carboxylic acids is 1. The summed E-state index contributed by atoms with van der Waals surface area (Å²) >= 11 is 1.18. The quantitative estimate of drug-likeness (QED) is 0.888. The van der Waals surface area contributed by atoms with E-state index in [0.717, 1.165) is 12.5 Å². The Morgan fingerprint density at radius 1 is 1.38 bits per heavy atom. The molecule has 1 saturated carbocycles. The second-order valence-corrected chi connectivity index (χ2v) is 5.03. The summed E-state index contributed by atoms with van der Waals surface area (Å²) in [4.78, 5) is 11.1. The number of thioether (sulfide) groups is 1. The molecule has 0 aliphatic heterocycles. The predicted molar refractivity (Wildman–Crippen MR) is 56.4 cm³/mol. The molecule has 2 atom stereocenters. The van der Waals surface area contributed by atoms with Gasteiger partial charge in [-0.1, -0.05) is 0 Å². The van der Waals surface area contributed by atoms with Crippen molar-refractivity contribution in [3.8, 4) is 0 Å². The van der Waals surface area contributed by atoms with Crippen LogP contribution in [0.3, 0.4) is 0 Å². The molecule has 0 aromatic heterocycles. The second kappa shape index (κ2) is 4.41. The molecule has 0 heterocycles. The van der Waals surface area contributed by atoms with Crippen LogP contribution in [-0.2, 0) is 4.79 Å². The van der Waals surface area contributed by atoms with E-state index in [2.05, 4.69) is 0 Å². The molecule has 1 fully saturated rings. The van der Waals surface area contributed by atoms with Crippen LogP contribution < -0.4 is 0 Å². The average molecular weight is 244 g/mol. The molecule has 2 rings (SSSR count). The molecule has 86 valence electrons. The molecule has 1 aromatic carbocycles. The van der Waals surface area contributed by atoms with Crippen molar-refractivity contribution in [1.29, 1.82) is 0 Å². The maximum absolute atomic E-state index is 13.3. The monoisotopic (exact) mass is 244 g/mol. The normalized spacial score (nSPS) is 23.9. The van der Waals surface area contributed by atoms with Crippen molar-refractivity contribution in [3.05, 3.63) is 29.8 Å².